The maximum atomic E-state index is 12.7. The molecule has 0 fully saturated rings. The Balaban J connectivity index is 2.33. The van der Waals surface area contributed by atoms with Gasteiger partial charge in [-0.1, -0.05) is 31.1 Å². The number of aromatic nitrogens is 1. The van der Waals surface area contributed by atoms with Gasteiger partial charge in [-0.2, -0.15) is 13.2 Å². The first-order valence-electron chi connectivity index (χ1n) is 8.18. The fraction of sp³-hybridized carbons (Fsp3) is 0.389. The van der Waals surface area contributed by atoms with Crippen molar-refractivity contribution >= 4 is 11.9 Å². The van der Waals surface area contributed by atoms with Crippen molar-refractivity contribution in [2.75, 3.05) is 0 Å². The van der Waals surface area contributed by atoms with Crippen molar-refractivity contribution < 1.29 is 32.4 Å². The predicted octanol–water partition coefficient (Wildman–Crippen LogP) is 3.90. The van der Waals surface area contributed by atoms with E-state index in [1.54, 1.807) is 0 Å². The molecule has 1 atom stereocenters. The molecule has 0 radical (unpaired) electrons. The molecular formula is C18H19F3N2O4. The van der Waals surface area contributed by atoms with Gasteiger partial charge in [0.2, 0.25) is 0 Å². The zero-order valence-electron chi connectivity index (χ0n) is 14.9. The molecule has 146 valence electrons. The zero-order chi connectivity index (χ0) is 20.4. The van der Waals surface area contributed by atoms with Gasteiger partial charge < -0.3 is 14.9 Å². The summed E-state index contributed by atoms with van der Waals surface area (Å²) in [5.41, 5.74) is -0.543. The first-order valence-corrected chi connectivity index (χ1v) is 8.18. The van der Waals surface area contributed by atoms with E-state index in [1.807, 2.05) is 13.8 Å². The standard InChI is InChI=1S/C18H19F3N2O4/c1-9(2)8-13(17(25)26)22-16(24)14-10(3)27-23-15(14)11-4-6-12(7-5-11)18(19,20)21/h4-7,9,13H,8H2,1-3H3,(H,22,24)(H,25,26)/t13-/m1/s1. The molecule has 0 saturated heterocycles. The minimum atomic E-state index is -4.48. The lowest BCUT2D eigenvalue weighted by Gasteiger charge is -2.16. The number of aliphatic carboxylic acids is 1. The summed E-state index contributed by atoms with van der Waals surface area (Å²) in [6, 6.07) is 3.01. The van der Waals surface area contributed by atoms with Crippen LogP contribution in [0, 0.1) is 12.8 Å². The van der Waals surface area contributed by atoms with E-state index < -0.39 is 29.7 Å². The number of carbonyl (C=O) groups is 2. The van der Waals surface area contributed by atoms with E-state index in [0.29, 0.717) is 0 Å². The normalized spacial score (nSPS) is 12.9. The van der Waals surface area contributed by atoms with Crippen molar-refractivity contribution in [2.45, 2.75) is 39.4 Å². The number of benzene rings is 1. The molecule has 0 unspecified atom stereocenters. The number of halogens is 3. The second-order valence-corrected chi connectivity index (χ2v) is 6.53. The minimum absolute atomic E-state index is 0.00948. The van der Waals surface area contributed by atoms with Crippen LogP contribution in [0.25, 0.3) is 11.3 Å². The van der Waals surface area contributed by atoms with Gasteiger partial charge in [0.25, 0.3) is 5.91 Å². The summed E-state index contributed by atoms with van der Waals surface area (Å²) in [6.07, 6.45) is -4.26. The number of carboxylic acids is 1. The quantitative estimate of drug-likeness (QED) is 0.788. The van der Waals surface area contributed by atoms with Crippen molar-refractivity contribution in [3.05, 3.63) is 41.2 Å². The topological polar surface area (TPSA) is 92.4 Å². The fourth-order valence-corrected chi connectivity index (χ4v) is 2.58. The van der Waals surface area contributed by atoms with Gasteiger partial charge in [0.05, 0.1) is 5.56 Å². The zero-order valence-corrected chi connectivity index (χ0v) is 14.9. The Hall–Kier alpha value is -2.84. The van der Waals surface area contributed by atoms with E-state index in [1.165, 1.54) is 19.1 Å². The summed E-state index contributed by atoms with van der Waals surface area (Å²) < 4.78 is 43.1. The highest BCUT2D eigenvalue weighted by molar-refractivity contribution is 6.02. The molecule has 2 N–H and O–H groups in total. The van der Waals surface area contributed by atoms with Gasteiger partial charge in [0, 0.05) is 5.56 Å². The summed E-state index contributed by atoms with van der Waals surface area (Å²) in [4.78, 5) is 23.9. The highest BCUT2D eigenvalue weighted by atomic mass is 19.4. The van der Waals surface area contributed by atoms with Crippen LogP contribution in [0.1, 0.15) is 41.9 Å². The second kappa shape index (κ2) is 7.81. The molecule has 9 heteroatoms. The molecule has 0 aliphatic rings. The molecule has 0 aliphatic carbocycles. The smallest absolute Gasteiger partial charge is 0.416 e. The number of carboxylic acid groups (broad SMARTS) is 1. The molecule has 1 amide bonds. The first-order chi connectivity index (χ1) is 12.5. The Kier molecular flexibility index (Phi) is 5.92. The first kappa shape index (κ1) is 20.5. The Labute approximate surface area is 153 Å². The molecule has 1 heterocycles. The van der Waals surface area contributed by atoms with Gasteiger partial charge in [-0.15, -0.1) is 0 Å². The van der Waals surface area contributed by atoms with E-state index >= 15 is 0 Å². The molecule has 0 bridgehead atoms. The predicted molar refractivity (Wildman–Crippen MR) is 90.0 cm³/mol. The van der Waals surface area contributed by atoms with Crippen LogP contribution < -0.4 is 5.32 Å². The average molecular weight is 384 g/mol. The number of carbonyl (C=O) groups excluding carboxylic acids is 1. The number of amides is 1. The Morgan fingerprint density at radius 1 is 1.22 bits per heavy atom. The summed E-state index contributed by atoms with van der Waals surface area (Å²) in [5, 5.41) is 15.4. The van der Waals surface area contributed by atoms with Crippen LogP contribution in [0.5, 0.6) is 0 Å². The van der Waals surface area contributed by atoms with E-state index in [2.05, 4.69) is 10.5 Å². The lowest BCUT2D eigenvalue weighted by atomic mass is 10.0. The number of rotatable bonds is 6. The molecule has 6 nitrogen and oxygen atoms in total. The monoisotopic (exact) mass is 384 g/mol. The Morgan fingerprint density at radius 2 is 1.81 bits per heavy atom. The van der Waals surface area contributed by atoms with E-state index in [0.717, 1.165) is 12.1 Å². The number of aryl methyl sites for hydroxylation is 1. The second-order valence-electron chi connectivity index (χ2n) is 6.53. The third-order valence-corrected chi connectivity index (χ3v) is 3.89. The third-order valence-electron chi connectivity index (χ3n) is 3.89. The number of hydrogen-bond acceptors (Lipinski definition) is 4. The molecular weight excluding hydrogens is 365 g/mol. The van der Waals surface area contributed by atoms with Crippen LogP contribution >= 0.6 is 0 Å². The van der Waals surface area contributed by atoms with Crippen molar-refractivity contribution in [1.29, 1.82) is 0 Å². The number of hydrogen-bond donors (Lipinski definition) is 2. The van der Waals surface area contributed by atoms with Crippen molar-refractivity contribution in [2.24, 2.45) is 5.92 Å². The summed E-state index contributed by atoms with van der Waals surface area (Å²) in [5.74, 6) is -1.72. The average Bonchev–Trinajstić information content (AvgIpc) is 2.94. The Bertz CT molecular complexity index is 826. The SMILES string of the molecule is Cc1onc(-c2ccc(C(F)(F)F)cc2)c1C(=O)N[C@H](CC(C)C)C(=O)O. The molecule has 0 aliphatic heterocycles. The molecule has 0 saturated carbocycles. The van der Waals surface area contributed by atoms with E-state index in [9.17, 15) is 27.9 Å². The van der Waals surface area contributed by atoms with Gasteiger partial charge >= 0.3 is 12.1 Å². The summed E-state index contributed by atoms with van der Waals surface area (Å²) >= 11 is 0. The molecule has 1 aromatic carbocycles. The van der Waals surface area contributed by atoms with E-state index in [4.69, 9.17) is 4.52 Å². The highest BCUT2D eigenvalue weighted by Crippen LogP contribution is 2.32. The van der Waals surface area contributed by atoms with Crippen LogP contribution in [0.15, 0.2) is 28.8 Å². The maximum absolute atomic E-state index is 12.7. The van der Waals surface area contributed by atoms with Crippen molar-refractivity contribution in [1.82, 2.24) is 10.5 Å². The molecule has 27 heavy (non-hydrogen) atoms. The van der Waals surface area contributed by atoms with Crippen LogP contribution in [-0.2, 0) is 11.0 Å². The lowest BCUT2D eigenvalue weighted by Crippen LogP contribution is -2.41. The lowest BCUT2D eigenvalue weighted by molar-refractivity contribution is -0.140. The summed E-state index contributed by atoms with van der Waals surface area (Å²) in [7, 11) is 0. The number of alkyl halides is 3. The Morgan fingerprint density at radius 3 is 2.30 bits per heavy atom. The largest absolute Gasteiger partial charge is 0.480 e. The van der Waals surface area contributed by atoms with Crippen LogP contribution in [0.3, 0.4) is 0 Å². The number of nitrogens with one attached hydrogen (secondary N) is 1. The fourth-order valence-electron chi connectivity index (χ4n) is 2.58. The van der Waals surface area contributed by atoms with Crippen LogP contribution in [0.2, 0.25) is 0 Å². The van der Waals surface area contributed by atoms with Crippen molar-refractivity contribution in [3.63, 3.8) is 0 Å². The minimum Gasteiger partial charge on any atom is -0.480 e. The highest BCUT2D eigenvalue weighted by Gasteiger charge is 2.31. The van der Waals surface area contributed by atoms with E-state index in [-0.39, 0.29) is 34.9 Å². The van der Waals surface area contributed by atoms with Gasteiger partial charge in [0.1, 0.15) is 23.1 Å². The van der Waals surface area contributed by atoms with Gasteiger partial charge in [0.15, 0.2) is 0 Å². The maximum Gasteiger partial charge on any atom is 0.416 e. The molecule has 2 aromatic rings. The van der Waals surface area contributed by atoms with Crippen molar-refractivity contribution in [3.8, 4) is 11.3 Å². The van der Waals surface area contributed by atoms with Crippen LogP contribution in [0.4, 0.5) is 13.2 Å². The van der Waals surface area contributed by atoms with Gasteiger partial charge in [-0.25, -0.2) is 4.79 Å². The molecule has 0 spiro atoms. The molecule has 1 aromatic heterocycles. The van der Waals surface area contributed by atoms with Crippen LogP contribution in [-0.4, -0.2) is 28.2 Å². The third kappa shape index (κ3) is 4.87. The molecule has 2 rings (SSSR count). The number of nitrogens with zero attached hydrogens (tertiary/aromatic N) is 1. The summed E-state index contributed by atoms with van der Waals surface area (Å²) in [6.45, 7) is 5.11. The van der Waals surface area contributed by atoms with Gasteiger partial charge in [-0.05, 0) is 31.4 Å². The van der Waals surface area contributed by atoms with Gasteiger partial charge in [-0.3, -0.25) is 4.79 Å².